The molecule has 1 atom stereocenters. The molecule has 0 spiro atoms. The summed E-state index contributed by atoms with van der Waals surface area (Å²) < 4.78 is 5.77. The maximum atomic E-state index is 13.3. The zero-order valence-corrected chi connectivity index (χ0v) is 18.5. The first-order chi connectivity index (χ1) is 16.1. The van der Waals surface area contributed by atoms with E-state index in [0.717, 1.165) is 12.8 Å². The van der Waals surface area contributed by atoms with Crippen LogP contribution in [0.2, 0.25) is 0 Å². The summed E-state index contributed by atoms with van der Waals surface area (Å²) in [4.78, 5) is 42.9. The van der Waals surface area contributed by atoms with Crippen molar-refractivity contribution in [1.82, 2.24) is 4.90 Å². The Labute approximate surface area is 193 Å². The predicted molar refractivity (Wildman–Crippen MR) is 126 cm³/mol. The maximum absolute atomic E-state index is 13.3. The van der Waals surface area contributed by atoms with Gasteiger partial charge in [-0.2, -0.15) is 0 Å². The number of carbonyl (C=O) groups is 3. The molecule has 0 aliphatic carbocycles. The van der Waals surface area contributed by atoms with Crippen LogP contribution in [0.25, 0.3) is 0 Å². The predicted octanol–water partition coefficient (Wildman–Crippen LogP) is 4.48. The third kappa shape index (κ3) is 4.95. The van der Waals surface area contributed by atoms with E-state index in [2.05, 4.69) is 0 Å². The highest BCUT2D eigenvalue weighted by molar-refractivity contribution is 6.12. The topological polar surface area (TPSA) is 66.9 Å². The Kier molecular flexibility index (Phi) is 6.83. The number of carbonyl (C=O) groups excluding carboxylic acids is 3. The van der Waals surface area contributed by atoms with E-state index in [4.69, 9.17) is 4.74 Å². The number of rotatable bonds is 6. The van der Waals surface area contributed by atoms with Gasteiger partial charge < -0.3 is 14.5 Å². The molecule has 3 aromatic rings. The van der Waals surface area contributed by atoms with Gasteiger partial charge in [0.15, 0.2) is 0 Å². The Morgan fingerprint density at radius 2 is 1.33 bits per heavy atom. The second-order valence-electron chi connectivity index (χ2n) is 7.97. The first-order valence-corrected chi connectivity index (χ1v) is 11.0. The number of hydrogen-bond donors (Lipinski definition) is 0. The van der Waals surface area contributed by atoms with E-state index in [9.17, 15) is 14.4 Å². The molecule has 3 aromatic carbocycles. The summed E-state index contributed by atoms with van der Waals surface area (Å²) in [5.41, 5.74) is 1.65. The number of likely N-dealkylation sites (tertiary alicyclic amines) is 1. The van der Waals surface area contributed by atoms with Crippen molar-refractivity contribution in [2.24, 2.45) is 0 Å². The van der Waals surface area contributed by atoms with Crippen LogP contribution < -0.4 is 4.90 Å². The quantitative estimate of drug-likeness (QED) is 0.528. The van der Waals surface area contributed by atoms with Crippen LogP contribution in [-0.2, 0) is 9.53 Å². The minimum Gasteiger partial charge on any atom is -0.444 e. The molecular weight excluding hydrogens is 416 g/mol. The number of esters is 1. The standard InChI is InChI=1S/C27H26N2O4/c1-28(21-14-6-3-7-15-21)25(30)22-16-8-9-17-23(22)27(32)33-24(20-12-4-2-5-13-20)26(31)29-18-10-11-19-29/h2-9,12-17,24H,10-11,18-19H2,1H3. The SMILES string of the molecule is CN(C(=O)c1ccccc1C(=O)OC(C(=O)N1CCCC1)c1ccccc1)c1ccccc1. The fourth-order valence-electron chi connectivity index (χ4n) is 3.96. The summed E-state index contributed by atoms with van der Waals surface area (Å²) in [5.74, 6) is -1.28. The molecule has 2 amide bonds. The van der Waals surface area contributed by atoms with E-state index in [1.807, 2.05) is 36.4 Å². The van der Waals surface area contributed by atoms with Crippen molar-refractivity contribution in [2.75, 3.05) is 25.0 Å². The monoisotopic (exact) mass is 442 g/mol. The Hall–Kier alpha value is -3.93. The molecular formula is C27H26N2O4. The normalized spacial score (nSPS) is 13.9. The summed E-state index contributed by atoms with van der Waals surface area (Å²) in [6.45, 7) is 1.30. The molecule has 1 heterocycles. The lowest BCUT2D eigenvalue weighted by Gasteiger charge is -2.24. The molecule has 0 bridgehead atoms. The second-order valence-corrected chi connectivity index (χ2v) is 7.97. The van der Waals surface area contributed by atoms with Crippen LogP contribution in [0, 0.1) is 0 Å². The highest BCUT2D eigenvalue weighted by Crippen LogP contribution is 2.25. The summed E-state index contributed by atoms with van der Waals surface area (Å²) in [5, 5.41) is 0. The number of hydrogen-bond acceptors (Lipinski definition) is 4. The minimum absolute atomic E-state index is 0.125. The Balaban J connectivity index is 1.61. The Morgan fingerprint density at radius 3 is 1.97 bits per heavy atom. The van der Waals surface area contributed by atoms with Crippen molar-refractivity contribution >= 4 is 23.5 Å². The van der Waals surface area contributed by atoms with E-state index in [-0.39, 0.29) is 22.9 Å². The number of amides is 2. The highest BCUT2D eigenvalue weighted by atomic mass is 16.5. The minimum atomic E-state index is -1.06. The second kappa shape index (κ2) is 10.1. The summed E-state index contributed by atoms with van der Waals surface area (Å²) in [6, 6.07) is 24.7. The number of ether oxygens (including phenoxy) is 1. The largest absolute Gasteiger partial charge is 0.444 e. The molecule has 1 fully saturated rings. The molecule has 1 unspecified atom stereocenters. The molecule has 1 aliphatic rings. The maximum Gasteiger partial charge on any atom is 0.340 e. The van der Waals surface area contributed by atoms with Crippen molar-refractivity contribution in [3.8, 4) is 0 Å². The number of nitrogens with zero attached hydrogens (tertiary/aromatic N) is 2. The first kappa shape index (κ1) is 22.3. The third-order valence-electron chi connectivity index (χ3n) is 5.79. The van der Waals surface area contributed by atoms with Gasteiger partial charge >= 0.3 is 5.97 Å². The summed E-state index contributed by atoms with van der Waals surface area (Å²) >= 11 is 0. The zero-order chi connectivity index (χ0) is 23.2. The van der Waals surface area contributed by atoms with Crippen LogP contribution in [0.4, 0.5) is 5.69 Å². The molecule has 0 N–H and O–H groups in total. The molecule has 33 heavy (non-hydrogen) atoms. The van der Waals surface area contributed by atoms with E-state index in [1.54, 1.807) is 60.5 Å². The number of benzene rings is 3. The molecule has 6 nitrogen and oxygen atoms in total. The highest BCUT2D eigenvalue weighted by Gasteiger charge is 2.32. The van der Waals surface area contributed by atoms with Gasteiger partial charge in [0.1, 0.15) is 0 Å². The third-order valence-corrected chi connectivity index (χ3v) is 5.79. The number of anilines is 1. The summed E-state index contributed by atoms with van der Waals surface area (Å²) in [7, 11) is 1.66. The van der Waals surface area contributed by atoms with Gasteiger partial charge in [-0.1, -0.05) is 60.7 Å². The molecule has 0 aromatic heterocycles. The van der Waals surface area contributed by atoms with Crippen molar-refractivity contribution in [3.05, 3.63) is 102 Å². The van der Waals surface area contributed by atoms with E-state index < -0.39 is 12.1 Å². The summed E-state index contributed by atoms with van der Waals surface area (Å²) in [6.07, 6.45) is 0.807. The van der Waals surface area contributed by atoms with Gasteiger partial charge in [0.2, 0.25) is 6.10 Å². The molecule has 0 radical (unpaired) electrons. The molecule has 0 saturated carbocycles. The van der Waals surface area contributed by atoms with E-state index in [1.165, 1.54) is 4.90 Å². The fourth-order valence-corrected chi connectivity index (χ4v) is 3.96. The van der Waals surface area contributed by atoms with Crippen LogP contribution in [0.5, 0.6) is 0 Å². The van der Waals surface area contributed by atoms with Crippen LogP contribution in [-0.4, -0.2) is 42.8 Å². The van der Waals surface area contributed by atoms with E-state index in [0.29, 0.717) is 24.3 Å². The van der Waals surface area contributed by atoms with Gasteiger partial charge in [-0.15, -0.1) is 0 Å². The van der Waals surface area contributed by atoms with Gasteiger partial charge in [-0.25, -0.2) is 4.79 Å². The Bertz CT molecular complexity index is 1130. The van der Waals surface area contributed by atoms with Crippen LogP contribution in [0.15, 0.2) is 84.9 Å². The van der Waals surface area contributed by atoms with Crippen molar-refractivity contribution in [1.29, 1.82) is 0 Å². The fraction of sp³-hybridized carbons (Fsp3) is 0.222. The molecule has 1 aliphatic heterocycles. The molecule has 4 rings (SSSR count). The lowest BCUT2D eigenvalue weighted by molar-refractivity contribution is -0.140. The van der Waals surface area contributed by atoms with Crippen LogP contribution >= 0.6 is 0 Å². The average Bonchev–Trinajstić information content (AvgIpc) is 3.42. The van der Waals surface area contributed by atoms with Gasteiger partial charge in [0.25, 0.3) is 11.8 Å². The van der Waals surface area contributed by atoms with Crippen molar-refractivity contribution in [3.63, 3.8) is 0 Å². The van der Waals surface area contributed by atoms with Gasteiger partial charge in [0, 0.05) is 31.4 Å². The van der Waals surface area contributed by atoms with E-state index >= 15 is 0 Å². The van der Waals surface area contributed by atoms with Gasteiger partial charge in [-0.3, -0.25) is 9.59 Å². The lowest BCUT2D eigenvalue weighted by Crippen LogP contribution is -2.35. The first-order valence-electron chi connectivity index (χ1n) is 11.0. The van der Waals surface area contributed by atoms with Gasteiger partial charge in [0.05, 0.1) is 11.1 Å². The van der Waals surface area contributed by atoms with Crippen LogP contribution in [0.3, 0.4) is 0 Å². The van der Waals surface area contributed by atoms with Crippen molar-refractivity contribution < 1.29 is 19.1 Å². The molecule has 6 heteroatoms. The van der Waals surface area contributed by atoms with Crippen molar-refractivity contribution in [2.45, 2.75) is 18.9 Å². The molecule has 168 valence electrons. The Morgan fingerprint density at radius 1 is 0.788 bits per heavy atom. The number of para-hydroxylation sites is 1. The zero-order valence-electron chi connectivity index (χ0n) is 18.5. The lowest BCUT2D eigenvalue weighted by atomic mass is 10.1. The smallest absolute Gasteiger partial charge is 0.340 e. The van der Waals surface area contributed by atoms with Gasteiger partial charge in [-0.05, 0) is 37.1 Å². The average molecular weight is 443 g/mol. The molecule has 1 saturated heterocycles. The van der Waals surface area contributed by atoms with Crippen LogP contribution in [0.1, 0.15) is 45.2 Å².